The van der Waals surface area contributed by atoms with Crippen molar-refractivity contribution < 1.29 is 18.5 Å². The Balaban J connectivity index is 1.62. The predicted octanol–water partition coefficient (Wildman–Crippen LogP) is 2.76. The lowest BCUT2D eigenvalue weighted by molar-refractivity contribution is -0.140. The summed E-state index contributed by atoms with van der Waals surface area (Å²) in [5.74, 6) is -0.0956. The lowest BCUT2D eigenvalue weighted by Crippen LogP contribution is -2.50. The van der Waals surface area contributed by atoms with Crippen molar-refractivity contribution in [3.63, 3.8) is 0 Å². The molecule has 3 atom stereocenters. The van der Waals surface area contributed by atoms with Crippen LogP contribution < -0.4 is 0 Å². The highest BCUT2D eigenvalue weighted by atomic mass is 32.2. The number of piperidine rings is 1. The van der Waals surface area contributed by atoms with Crippen molar-refractivity contribution in [2.75, 3.05) is 19.4 Å². The molecule has 1 saturated carbocycles. The van der Waals surface area contributed by atoms with Gasteiger partial charge in [0.25, 0.3) is 5.91 Å². The molecule has 1 aliphatic heterocycles. The molecular weight excluding hydrogens is 338 g/mol. The molecule has 0 bridgehead atoms. The molecule has 1 aromatic carbocycles. The van der Waals surface area contributed by atoms with Crippen LogP contribution in [0.1, 0.15) is 48.9 Å². The Hall–Kier alpha value is -1.69. The van der Waals surface area contributed by atoms with Gasteiger partial charge in [0, 0.05) is 18.8 Å². The van der Waals surface area contributed by atoms with Gasteiger partial charge in [-0.3, -0.25) is 9.00 Å². The number of hydrogen-bond donors (Lipinski definition) is 0. The summed E-state index contributed by atoms with van der Waals surface area (Å²) in [5.41, 5.74) is 0.269. The SMILES string of the molecule is C[S@@](=O)c1ccccc1C(=O)OCC(=O)N1CCC[C@H]2CCCC[C@@H]21. The highest BCUT2D eigenvalue weighted by Crippen LogP contribution is 2.35. The first kappa shape index (κ1) is 18.1. The Morgan fingerprint density at radius 3 is 2.68 bits per heavy atom. The number of nitrogens with zero attached hydrogens (tertiary/aromatic N) is 1. The summed E-state index contributed by atoms with van der Waals surface area (Å²) in [6, 6.07) is 6.97. The van der Waals surface area contributed by atoms with Crippen molar-refractivity contribution in [2.45, 2.75) is 49.5 Å². The minimum absolute atomic E-state index is 0.111. The number of benzene rings is 1. The van der Waals surface area contributed by atoms with E-state index in [-0.39, 0.29) is 18.1 Å². The van der Waals surface area contributed by atoms with E-state index in [1.165, 1.54) is 31.9 Å². The van der Waals surface area contributed by atoms with Crippen molar-refractivity contribution >= 4 is 22.7 Å². The lowest BCUT2D eigenvalue weighted by Gasteiger charge is -2.44. The number of esters is 1. The van der Waals surface area contributed by atoms with Crippen LogP contribution in [0.15, 0.2) is 29.2 Å². The third-order valence-corrected chi connectivity index (χ3v) is 6.28. The van der Waals surface area contributed by atoms with Gasteiger partial charge in [0.2, 0.25) is 0 Å². The molecule has 0 aromatic heterocycles. The first-order valence-corrected chi connectivity index (χ1v) is 10.5. The van der Waals surface area contributed by atoms with Crippen LogP contribution in [0.3, 0.4) is 0 Å². The molecule has 136 valence electrons. The monoisotopic (exact) mass is 363 g/mol. The zero-order valence-corrected chi connectivity index (χ0v) is 15.4. The van der Waals surface area contributed by atoms with Gasteiger partial charge in [-0.1, -0.05) is 25.0 Å². The van der Waals surface area contributed by atoms with Gasteiger partial charge in [0.1, 0.15) is 0 Å². The molecule has 0 radical (unpaired) electrons. The fourth-order valence-corrected chi connectivity index (χ4v) is 4.84. The van der Waals surface area contributed by atoms with Crippen LogP contribution in [0, 0.1) is 5.92 Å². The molecule has 1 aliphatic carbocycles. The van der Waals surface area contributed by atoms with E-state index < -0.39 is 16.8 Å². The van der Waals surface area contributed by atoms with E-state index in [2.05, 4.69) is 0 Å². The second kappa shape index (κ2) is 8.13. The van der Waals surface area contributed by atoms with Crippen molar-refractivity contribution in [1.82, 2.24) is 4.90 Å². The molecule has 6 heteroatoms. The quantitative estimate of drug-likeness (QED) is 0.772. The summed E-state index contributed by atoms with van der Waals surface area (Å²) < 4.78 is 17.0. The Morgan fingerprint density at radius 2 is 1.88 bits per heavy atom. The summed E-state index contributed by atoms with van der Waals surface area (Å²) in [7, 11) is -1.28. The second-order valence-electron chi connectivity index (χ2n) is 6.87. The molecule has 1 saturated heterocycles. The van der Waals surface area contributed by atoms with E-state index in [0.29, 0.717) is 16.9 Å². The molecule has 0 spiro atoms. The van der Waals surface area contributed by atoms with Gasteiger partial charge in [0.15, 0.2) is 6.61 Å². The first-order valence-electron chi connectivity index (χ1n) is 8.97. The van der Waals surface area contributed by atoms with Gasteiger partial charge in [-0.2, -0.15) is 0 Å². The van der Waals surface area contributed by atoms with Crippen molar-refractivity contribution in [2.24, 2.45) is 5.92 Å². The Bertz CT molecular complexity index is 673. The van der Waals surface area contributed by atoms with E-state index in [1.54, 1.807) is 24.3 Å². The van der Waals surface area contributed by atoms with E-state index >= 15 is 0 Å². The normalized spacial score (nSPS) is 24.3. The zero-order valence-electron chi connectivity index (χ0n) is 14.6. The molecular formula is C19H25NO4S. The number of fused-ring (bicyclic) bond motifs is 1. The van der Waals surface area contributed by atoms with E-state index in [9.17, 15) is 13.8 Å². The Labute approximate surface area is 151 Å². The third kappa shape index (κ3) is 4.11. The van der Waals surface area contributed by atoms with Crippen molar-refractivity contribution in [1.29, 1.82) is 0 Å². The molecule has 25 heavy (non-hydrogen) atoms. The van der Waals surface area contributed by atoms with Crippen molar-refractivity contribution in [3.8, 4) is 0 Å². The minimum Gasteiger partial charge on any atom is -0.452 e. The Morgan fingerprint density at radius 1 is 1.16 bits per heavy atom. The average molecular weight is 363 g/mol. The number of carbonyl (C=O) groups is 2. The third-order valence-electron chi connectivity index (χ3n) is 5.31. The summed E-state index contributed by atoms with van der Waals surface area (Å²) in [6.07, 6.45) is 8.42. The topological polar surface area (TPSA) is 63.7 Å². The molecule has 3 rings (SSSR count). The fraction of sp³-hybridized carbons (Fsp3) is 0.579. The molecule has 1 aromatic rings. The molecule has 2 aliphatic rings. The number of carbonyl (C=O) groups excluding carboxylic acids is 2. The van der Waals surface area contributed by atoms with Gasteiger partial charge in [-0.15, -0.1) is 0 Å². The van der Waals surface area contributed by atoms with Gasteiger partial charge >= 0.3 is 5.97 Å². The second-order valence-corrected chi connectivity index (χ2v) is 8.22. The van der Waals surface area contributed by atoms with Crippen LogP contribution >= 0.6 is 0 Å². The van der Waals surface area contributed by atoms with E-state index in [1.807, 2.05) is 4.90 Å². The summed E-state index contributed by atoms with van der Waals surface area (Å²) in [6.45, 7) is 0.514. The number of ether oxygens (including phenoxy) is 1. The predicted molar refractivity (Wildman–Crippen MR) is 95.7 cm³/mol. The average Bonchev–Trinajstić information content (AvgIpc) is 2.65. The van der Waals surface area contributed by atoms with E-state index in [0.717, 1.165) is 19.4 Å². The van der Waals surface area contributed by atoms with Gasteiger partial charge in [-0.25, -0.2) is 4.79 Å². The maximum atomic E-state index is 12.6. The molecule has 2 fully saturated rings. The van der Waals surface area contributed by atoms with Gasteiger partial charge < -0.3 is 9.64 Å². The zero-order chi connectivity index (χ0) is 17.8. The largest absolute Gasteiger partial charge is 0.452 e. The van der Waals surface area contributed by atoms with E-state index in [4.69, 9.17) is 4.74 Å². The maximum absolute atomic E-state index is 12.6. The van der Waals surface area contributed by atoms with Crippen LogP contribution in [0.2, 0.25) is 0 Å². The Kier molecular flexibility index (Phi) is 5.89. The van der Waals surface area contributed by atoms with Crippen LogP contribution in [0.5, 0.6) is 0 Å². The highest BCUT2D eigenvalue weighted by Gasteiger charge is 2.35. The van der Waals surface area contributed by atoms with Gasteiger partial charge in [-0.05, 0) is 43.7 Å². The molecule has 0 unspecified atom stereocenters. The van der Waals surface area contributed by atoms with Crippen LogP contribution in [0.25, 0.3) is 0 Å². The lowest BCUT2D eigenvalue weighted by atomic mass is 9.78. The number of rotatable bonds is 4. The summed E-state index contributed by atoms with van der Waals surface area (Å²) in [5, 5.41) is 0. The summed E-state index contributed by atoms with van der Waals surface area (Å²) in [4.78, 5) is 27.3. The highest BCUT2D eigenvalue weighted by molar-refractivity contribution is 7.84. The van der Waals surface area contributed by atoms with Crippen molar-refractivity contribution in [3.05, 3.63) is 29.8 Å². The molecule has 5 nitrogen and oxygen atoms in total. The standard InChI is InChI=1S/C19H25NO4S/c1-25(23)17-11-5-3-9-15(17)19(22)24-13-18(21)20-12-6-8-14-7-2-4-10-16(14)20/h3,5,9,11,14,16H,2,4,6-8,10,12-13H2,1H3/t14-,16+,25-/m1/s1. The first-order chi connectivity index (χ1) is 12.1. The molecule has 0 N–H and O–H groups in total. The smallest absolute Gasteiger partial charge is 0.339 e. The fourth-order valence-electron chi connectivity index (χ4n) is 4.11. The van der Waals surface area contributed by atoms with Crippen LogP contribution in [-0.2, 0) is 20.3 Å². The minimum atomic E-state index is -1.28. The van der Waals surface area contributed by atoms with Crippen LogP contribution in [-0.4, -0.2) is 46.4 Å². The number of likely N-dealkylation sites (tertiary alicyclic amines) is 1. The molecule has 1 heterocycles. The van der Waals surface area contributed by atoms with Gasteiger partial charge in [0.05, 0.1) is 21.3 Å². The molecule has 1 amide bonds. The van der Waals surface area contributed by atoms with Crippen LogP contribution in [0.4, 0.5) is 0 Å². The summed E-state index contributed by atoms with van der Waals surface area (Å²) >= 11 is 0. The number of amides is 1. The number of hydrogen-bond acceptors (Lipinski definition) is 4. The maximum Gasteiger partial charge on any atom is 0.339 e.